The van der Waals surface area contributed by atoms with Gasteiger partial charge in [0.2, 0.25) is 0 Å². The minimum Gasteiger partial charge on any atom is -0.457 e. The van der Waals surface area contributed by atoms with Crippen LogP contribution >= 0.6 is 0 Å². The monoisotopic (exact) mass is 491 g/mol. The maximum absolute atomic E-state index is 12.2. The van der Waals surface area contributed by atoms with E-state index in [0.717, 1.165) is 22.6 Å². The van der Waals surface area contributed by atoms with Crippen LogP contribution in [0.25, 0.3) is 11.1 Å². The number of anilines is 3. The molecule has 3 aliphatic rings. The van der Waals surface area contributed by atoms with Crippen molar-refractivity contribution in [3.8, 4) is 11.1 Å². The van der Waals surface area contributed by atoms with Gasteiger partial charge in [-0.25, -0.2) is 4.79 Å². The topological polar surface area (TPSA) is 29.5 Å². The molecule has 0 aromatic heterocycles. The Morgan fingerprint density at radius 3 is 1.82 bits per heavy atom. The Morgan fingerprint density at radius 1 is 0.632 bits per heavy atom. The first-order valence-electron chi connectivity index (χ1n) is 13.1. The van der Waals surface area contributed by atoms with Crippen molar-refractivity contribution in [1.29, 1.82) is 0 Å². The molecule has 8 rings (SSSR count). The molecule has 38 heavy (non-hydrogen) atoms. The molecule has 3 heteroatoms. The maximum Gasteiger partial charge on any atom is 0.338 e. The van der Waals surface area contributed by atoms with Gasteiger partial charge in [0.25, 0.3) is 0 Å². The maximum atomic E-state index is 12.2. The molecule has 3 nitrogen and oxygen atoms in total. The van der Waals surface area contributed by atoms with Crippen molar-refractivity contribution < 1.29 is 9.53 Å². The summed E-state index contributed by atoms with van der Waals surface area (Å²) in [6.07, 6.45) is 0. The van der Waals surface area contributed by atoms with Gasteiger partial charge in [-0.2, -0.15) is 0 Å². The van der Waals surface area contributed by atoms with Gasteiger partial charge >= 0.3 is 5.97 Å². The van der Waals surface area contributed by atoms with Crippen molar-refractivity contribution in [2.24, 2.45) is 0 Å². The largest absolute Gasteiger partial charge is 0.457 e. The number of carbonyl (C=O) groups is 1. The van der Waals surface area contributed by atoms with Crippen LogP contribution in [0.15, 0.2) is 103 Å². The molecule has 0 atom stereocenters. The Morgan fingerprint density at radius 2 is 1.21 bits per heavy atom. The van der Waals surface area contributed by atoms with Crippen LogP contribution in [0, 0.1) is 13.8 Å². The molecular weight excluding hydrogens is 466 g/mol. The summed E-state index contributed by atoms with van der Waals surface area (Å²) in [5, 5.41) is 0. The van der Waals surface area contributed by atoms with Crippen molar-refractivity contribution in [3.05, 3.63) is 148 Å². The summed E-state index contributed by atoms with van der Waals surface area (Å²) in [6.45, 7) is 4.67. The summed E-state index contributed by atoms with van der Waals surface area (Å²) >= 11 is 0. The van der Waals surface area contributed by atoms with Gasteiger partial charge in [-0.05, 0) is 77.6 Å². The lowest BCUT2D eigenvalue weighted by molar-refractivity contribution is 0.0535. The van der Waals surface area contributed by atoms with E-state index in [1.54, 1.807) is 0 Å². The number of hydrogen-bond acceptors (Lipinski definition) is 3. The Kier molecular flexibility index (Phi) is 4.21. The van der Waals surface area contributed by atoms with Crippen molar-refractivity contribution in [2.75, 3.05) is 4.90 Å². The Bertz CT molecular complexity index is 1730. The highest BCUT2D eigenvalue weighted by atomic mass is 16.5. The molecule has 182 valence electrons. The van der Waals surface area contributed by atoms with E-state index in [2.05, 4.69) is 110 Å². The average Bonchev–Trinajstić information content (AvgIpc) is 3.45. The van der Waals surface area contributed by atoms with Crippen LogP contribution in [0.2, 0.25) is 0 Å². The summed E-state index contributed by atoms with van der Waals surface area (Å²) < 4.78 is 5.33. The van der Waals surface area contributed by atoms with E-state index in [1.165, 1.54) is 44.5 Å². The van der Waals surface area contributed by atoms with Gasteiger partial charge in [-0.15, -0.1) is 0 Å². The van der Waals surface area contributed by atoms with Gasteiger partial charge in [0.1, 0.15) is 6.61 Å². The van der Waals surface area contributed by atoms with Crippen molar-refractivity contribution in [2.45, 2.75) is 25.9 Å². The van der Waals surface area contributed by atoms with Gasteiger partial charge in [0.05, 0.1) is 22.4 Å². The van der Waals surface area contributed by atoms with E-state index < -0.39 is 5.41 Å². The fourth-order valence-corrected chi connectivity index (χ4v) is 6.92. The van der Waals surface area contributed by atoms with E-state index in [-0.39, 0.29) is 5.97 Å². The molecule has 1 aliphatic carbocycles. The SMILES string of the molecule is Cc1ccc2c(c1)C1(c3ccccc3-c3ccccc31)c1cc(C)ccc1N2c1ccc2c(c1)COC2=O. The molecule has 0 saturated carbocycles. The Labute approximate surface area is 222 Å². The molecule has 0 radical (unpaired) electrons. The molecule has 0 unspecified atom stereocenters. The number of fused-ring (bicyclic) bond motifs is 10. The second kappa shape index (κ2) is 7.45. The standard InChI is InChI=1S/C35H25NO2/c1-21-11-15-32-30(17-21)35(28-9-5-3-7-26(28)27-8-4-6-10-29(27)35)31-18-22(2)12-16-33(31)36(32)24-13-14-25-23(19-24)20-38-34(25)37/h3-19H,20H2,1-2H3. The number of esters is 1. The number of ether oxygens (including phenoxy) is 1. The van der Waals surface area contributed by atoms with Crippen LogP contribution < -0.4 is 4.90 Å². The number of hydrogen-bond donors (Lipinski definition) is 0. The summed E-state index contributed by atoms with van der Waals surface area (Å²) in [5.74, 6) is -0.240. The van der Waals surface area contributed by atoms with E-state index in [4.69, 9.17) is 4.74 Å². The summed E-state index contributed by atoms with van der Waals surface area (Å²) in [4.78, 5) is 14.6. The lowest BCUT2D eigenvalue weighted by Crippen LogP contribution is -2.36. The van der Waals surface area contributed by atoms with E-state index >= 15 is 0 Å². The van der Waals surface area contributed by atoms with E-state index in [9.17, 15) is 4.79 Å². The molecule has 0 N–H and O–H groups in total. The van der Waals surface area contributed by atoms with Gasteiger partial charge in [-0.3, -0.25) is 0 Å². The first kappa shape index (κ1) is 21.5. The minimum atomic E-state index is -0.428. The molecule has 2 aliphatic heterocycles. The molecule has 0 bridgehead atoms. The first-order chi connectivity index (χ1) is 18.6. The molecule has 2 heterocycles. The highest BCUT2D eigenvalue weighted by Crippen LogP contribution is 2.63. The van der Waals surface area contributed by atoms with Crippen LogP contribution in [0.5, 0.6) is 0 Å². The molecule has 0 saturated heterocycles. The molecule has 1 spiro atoms. The first-order valence-corrected chi connectivity index (χ1v) is 13.1. The van der Waals surface area contributed by atoms with Gasteiger partial charge < -0.3 is 9.64 Å². The van der Waals surface area contributed by atoms with Gasteiger partial charge in [-0.1, -0.05) is 83.9 Å². The Hall–Kier alpha value is -4.63. The second-order valence-corrected chi connectivity index (χ2v) is 10.6. The Balaban J connectivity index is 1.51. The van der Waals surface area contributed by atoms with Crippen molar-refractivity contribution >= 4 is 23.0 Å². The van der Waals surface area contributed by atoms with Gasteiger partial charge in [0.15, 0.2) is 0 Å². The fourth-order valence-electron chi connectivity index (χ4n) is 6.92. The fraction of sp³-hybridized carbons (Fsp3) is 0.114. The number of cyclic esters (lactones) is 1. The van der Waals surface area contributed by atoms with E-state index in [1.807, 2.05) is 12.1 Å². The molecule has 5 aromatic rings. The summed E-state index contributed by atoms with van der Waals surface area (Å²) in [5.41, 5.74) is 14.8. The van der Waals surface area contributed by atoms with Crippen LogP contribution in [0.4, 0.5) is 17.1 Å². The second-order valence-electron chi connectivity index (χ2n) is 10.6. The minimum absolute atomic E-state index is 0.240. The van der Waals surface area contributed by atoms with Crippen molar-refractivity contribution in [1.82, 2.24) is 0 Å². The molecule has 0 amide bonds. The number of nitrogens with zero attached hydrogens (tertiary/aromatic N) is 1. The third-order valence-corrected chi connectivity index (χ3v) is 8.47. The van der Waals surface area contributed by atoms with Crippen LogP contribution in [0.1, 0.15) is 49.3 Å². The highest BCUT2D eigenvalue weighted by molar-refractivity contribution is 5.98. The quantitative estimate of drug-likeness (QED) is 0.217. The number of aryl methyl sites for hydroxylation is 2. The number of rotatable bonds is 1. The van der Waals surface area contributed by atoms with Gasteiger partial charge in [0, 0.05) is 11.3 Å². The zero-order valence-corrected chi connectivity index (χ0v) is 21.3. The highest BCUT2D eigenvalue weighted by Gasteiger charge is 2.51. The number of carbonyl (C=O) groups excluding carboxylic acids is 1. The smallest absolute Gasteiger partial charge is 0.338 e. The number of benzene rings is 5. The average molecular weight is 492 g/mol. The summed E-state index contributed by atoms with van der Waals surface area (Å²) in [6, 6.07) is 37.5. The normalized spacial score (nSPS) is 15.4. The van der Waals surface area contributed by atoms with Crippen LogP contribution in [-0.4, -0.2) is 5.97 Å². The molecule has 0 fully saturated rings. The predicted octanol–water partition coefficient (Wildman–Crippen LogP) is 8.12. The predicted molar refractivity (Wildman–Crippen MR) is 151 cm³/mol. The zero-order valence-electron chi connectivity index (χ0n) is 21.3. The summed E-state index contributed by atoms with van der Waals surface area (Å²) in [7, 11) is 0. The molecular formula is C35H25NO2. The lowest BCUT2D eigenvalue weighted by Gasteiger charge is -2.45. The van der Waals surface area contributed by atoms with Crippen molar-refractivity contribution in [3.63, 3.8) is 0 Å². The van der Waals surface area contributed by atoms with E-state index in [0.29, 0.717) is 12.2 Å². The van der Waals surface area contributed by atoms with Crippen LogP contribution in [0.3, 0.4) is 0 Å². The van der Waals surface area contributed by atoms with Crippen LogP contribution in [-0.2, 0) is 16.8 Å². The third kappa shape index (κ3) is 2.61. The molecule has 5 aromatic carbocycles. The lowest BCUT2D eigenvalue weighted by atomic mass is 9.64. The third-order valence-electron chi connectivity index (χ3n) is 8.47. The zero-order chi connectivity index (χ0) is 25.6.